The number of fused-ring (bicyclic) bond motifs is 1. The number of aromatic nitrogens is 2. The maximum absolute atomic E-state index is 13.0. The van der Waals surface area contributed by atoms with Crippen molar-refractivity contribution in [1.82, 2.24) is 19.8 Å². The topological polar surface area (TPSA) is 93.9 Å². The molecule has 136 valence electrons. The number of hydrogen-bond donors (Lipinski definition) is 2. The first kappa shape index (κ1) is 16.9. The molecule has 2 N–H and O–H groups in total. The minimum atomic E-state index is -0.879. The number of nitrogens with zero attached hydrogens (tertiary/aromatic N) is 3. The largest absolute Gasteiger partial charge is 0.341 e. The molecule has 0 radical (unpaired) electrons. The molecule has 0 unspecified atom stereocenters. The molecule has 2 fully saturated rings. The summed E-state index contributed by atoms with van der Waals surface area (Å²) in [6, 6.07) is 10.1. The highest BCUT2D eigenvalue weighted by atomic mass is 16.2. The molecule has 2 aliphatic heterocycles. The number of carbonyl (C=O) groups is 1. The molecular weight excluding hydrogens is 330 g/mol. The van der Waals surface area contributed by atoms with Crippen molar-refractivity contribution in [1.29, 1.82) is 5.26 Å². The van der Waals surface area contributed by atoms with Crippen molar-refractivity contribution in [2.45, 2.75) is 31.7 Å². The Morgan fingerprint density at radius 2 is 1.88 bits per heavy atom. The first-order valence-electron chi connectivity index (χ1n) is 9.25. The number of aromatic amines is 1. The van der Waals surface area contributed by atoms with Crippen molar-refractivity contribution in [3.8, 4) is 6.07 Å². The Labute approximate surface area is 151 Å². The van der Waals surface area contributed by atoms with E-state index in [0.29, 0.717) is 39.0 Å². The summed E-state index contributed by atoms with van der Waals surface area (Å²) in [5.41, 5.74) is 0.779. The summed E-state index contributed by atoms with van der Waals surface area (Å²) < 4.78 is 1.82. The predicted molar refractivity (Wildman–Crippen MR) is 97.6 cm³/mol. The Morgan fingerprint density at radius 3 is 2.58 bits per heavy atom. The zero-order chi connectivity index (χ0) is 18.1. The lowest BCUT2D eigenvalue weighted by atomic mass is 9.78. The van der Waals surface area contributed by atoms with Gasteiger partial charge in [0.05, 0.1) is 17.1 Å². The Hall–Kier alpha value is -2.59. The number of amides is 1. The molecule has 0 atom stereocenters. The third kappa shape index (κ3) is 2.71. The molecule has 0 bridgehead atoms. The van der Waals surface area contributed by atoms with E-state index in [1.807, 2.05) is 33.7 Å². The normalized spacial score (nSPS) is 20.8. The van der Waals surface area contributed by atoms with E-state index >= 15 is 0 Å². The van der Waals surface area contributed by atoms with Gasteiger partial charge in [-0.15, -0.1) is 0 Å². The van der Waals surface area contributed by atoms with Crippen molar-refractivity contribution in [2.75, 3.05) is 26.2 Å². The SMILES string of the molecule is N#CC1(C(=O)N2CCC(n3c(=O)[nH]c4ccccc43)CC2)CCNCC1. The fourth-order valence-electron chi connectivity index (χ4n) is 4.29. The zero-order valence-electron chi connectivity index (χ0n) is 14.7. The minimum Gasteiger partial charge on any atom is -0.341 e. The smallest absolute Gasteiger partial charge is 0.326 e. The highest BCUT2D eigenvalue weighted by molar-refractivity contribution is 5.85. The summed E-state index contributed by atoms with van der Waals surface area (Å²) in [7, 11) is 0. The zero-order valence-corrected chi connectivity index (χ0v) is 14.7. The fourth-order valence-corrected chi connectivity index (χ4v) is 4.29. The maximum Gasteiger partial charge on any atom is 0.326 e. The van der Waals surface area contributed by atoms with Crippen LogP contribution in [0.25, 0.3) is 11.0 Å². The highest BCUT2D eigenvalue weighted by Gasteiger charge is 2.43. The lowest BCUT2D eigenvalue weighted by molar-refractivity contribution is -0.141. The van der Waals surface area contributed by atoms with E-state index in [1.165, 1.54) is 0 Å². The maximum atomic E-state index is 13.0. The molecule has 1 amide bonds. The highest BCUT2D eigenvalue weighted by Crippen LogP contribution is 2.33. The van der Waals surface area contributed by atoms with Crippen LogP contribution in [0.3, 0.4) is 0 Å². The van der Waals surface area contributed by atoms with Gasteiger partial charge in [0.15, 0.2) is 0 Å². The third-order valence-electron chi connectivity index (χ3n) is 5.82. The Morgan fingerprint density at radius 1 is 1.19 bits per heavy atom. The summed E-state index contributed by atoms with van der Waals surface area (Å²) in [6.07, 6.45) is 2.61. The van der Waals surface area contributed by atoms with Gasteiger partial charge in [0.1, 0.15) is 5.41 Å². The second-order valence-electron chi connectivity index (χ2n) is 7.28. The summed E-state index contributed by atoms with van der Waals surface area (Å²) in [4.78, 5) is 30.1. The first-order valence-corrected chi connectivity index (χ1v) is 9.25. The number of imidazole rings is 1. The van der Waals surface area contributed by atoms with Gasteiger partial charge in [0.25, 0.3) is 0 Å². The number of para-hydroxylation sites is 2. The molecular formula is C19H23N5O2. The second kappa shape index (κ2) is 6.61. The molecule has 0 spiro atoms. The molecule has 0 aliphatic carbocycles. The van der Waals surface area contributed by atoms with Gasteiger partial charge in [-0.25, -0.2) is 4.79 Å². The van der Waals surface area contributed by atoms with Crippen LogP contribution in [0.4, 0.5) is 0 Å². The number of nitrogens with one attached hydrogen (secondary N) is 2. The second-order valence-corrected chi connectivity index (χ2v) is 7.28. The molecule has 7 nitrogen and oxygen atoms in total. The number of nitriles is 1. The molecule has 1 aromatic heterocycles. The van der Waals surface area contributed by atoms with Gasteiger partial charge < -0.3 is 15.2 Å². The van der Waals surface area contributed by atoms with Crippen LogP contribution in [-0.4, -0.2) is 46.5 Å². The van der Waals surface area contributed by atoms with Crippen LogP contribution in [0.5, 0.6) is 0 Å². The van der Waals surface area contributed by atoms with Crippen molar-refractivity contribution < 1.29 is 4.79 Å². The van der Waals surface area contributed by atoms with Gasteiger partial charge in [-0.2, -0.15) is 5.26 Å². The van der Waals surface area contributed by atoms with E-state index in [4.69, 9.17) is 0 Å². The van der Waals surface area contributed by atoms with Crippen LogP contribution in [0.1, 0.15) is 31.7 Å². The first-order chi connectivity index (χ1) is 12.6. The Balaban J connectivity index is 1.50. The van der Waals surface area contributed by atoms with E-state index in [2.05, 4.69) is 16.4 Å². The molecule has 7 heteroatoms. The van der Waals surface area contributed by atoms with Crippen LogP contribution in [0.2, 0.25) is 0 Å². The molecule has 4 rings (SSSR count). The standard InChI is InChI=1S/C19H23N5O2/c20-13-19(7-9-21-10-8-19)17(25)23-11-5-14(6-12-23)24-16-4-2-1-3-15(16)22-18(24)26/h1-4,14,21H,5-12H2,(H,22,26). The van der Waals surface area contributed by atoms with Crippen LogP contribution < -0.4 is 11.0 Å². The van der Waals surface area contributed by atoms with Gasteiger partial charge in [-0.1, -0.05) is 12.1 Å². The number of likely N-dealkylation sites (tertiary alicyclic amines) is 1. The number of hydrogen-bond acceptors (Lipinski definition) is 4. The van der Waals surface area contributed by atoms with Gasteiger partial charge >= 0.3 is 5.69 Å². The average molecular weight is 353 g/mol. The predicted octanol–water partition coefficient (Wildman–Crippen LogP) is 1.39. The molecule has 2 saturated heterocycles. The van der Waals surface area contributed by atoms with Gasteiger partial charge in [-0.3, -0.25) is 9.36 Å². The minimum absolute atomic E-state index is 0.0359. The van der Waals surface area contributed by atoms with Crippen LogP contribution in [0, 0.1) is 16.7 Å². The molecule has 2 aliphatic rings. The molecule has 1 aromatic carbocycles. The van der Waals surface area contributed by atoms with E-state index in [0.717, 1.165) is 23.9 Å². The fraction of sp³-hybridized carbons (Fsp3) is 0.526. The summed E-state index contributed by atoms with van der Waals surface area (Å²) in [5.74, 6) is -0.0359. The van der Waals surface area contributed by atoms with E-state index in [1.54, 1.807) is 0 Å². The summed E-state index contributed by atoms with van der Waals surface area (Å²) in [5, 5.41) is 12.8. The van der Waals surface area contributed by atoms with Crippen molar-refractivity contribution in [3.05, 3.63) is 34.7 Å². The van der Waals surface area contributed by atoms with E-state index < -0.39 is 5.41 Å². The lowest BCUT2D eigenvalue weighted by Crippen LogP contribution is -2.51. The van der Waals surface area contributed by atoms with Gasteiger partial charge in [0, 0.05) is 19.1 Å². The van der Waals surface area contributed by atoms with Gasteiger partial charge in [-0.05, 0) is 50.9 Å². The Bertz CT molecular complexity index is 908. The molecule has 0 saturated carbocycles. The van der Waals surface area contributed by atoms with Crippen molar-refractivity contribution >= 4 is 16.9 Å². The van der Waals surface area contributed by atoms with E-state index in [9.17, 15) is 14.9 Å². The van der Waals surface area contributed by atoms with Crippen LogP contribution in [0.15, 0.2) is 29.1 Å². The van der Waals surface area contributed by atoms with Crippen molar-refractivity contribution in [3.63, 3.8) is 0 Å². The third-order valence-corrected chi connectivity index (χ3v) is 5.82. The number of piperidine rings is 2. The number of carbonyl (C=O) groups excluding carboxylic acids is 1. The molecule has 2 aromatic rings. The van der Waals surface area contributed by atoms with E-state index in [-0.39, 0.29) is 17.6 Å². The molecule has 26 heavy (non-hydrogen) atoms. The molecule has 3 heterocycles. The quantitative estimate of drug-likeness (QED) is 0.853. The number of rotatable bonds is 2. The summed E-state index contributed by atoms with van der Waals surface area (Å²) in [6.45, 7) is 2.60. The lowest BCUT2D eigenvalue weighted by Gasteiger charge is -2.38. The van der Waals surface area contributed by atoms with Crippen LogP contribution in [-0.2, 0) is 4.79 Å². The van der Waals surface area contributed by atoms with Gasteiger partial charge in [0.2, 0.25) is 5.91 Å². The number of benzene rings is 1. The Kier molecular flexibility index (Phi) is 4.29. The van der Waals surface area contributed by atoms with Crippen LogP contribution >= 0.6 is 0 Å². The van der Waals surface area contributed by atoms with Crippen molar-refractivity contribution in [2.24, 2.45) is 5.41 Å². The summed E-state index contributed by atoms with van der Waals surface area (Å²) >= 11 is 0. The number of H-pyrrole nitrogens is 1. The average Bonchev–Trinajstić information content (AvgIpc) is 3.03. The monoisotopic (exact) mass is 353 g/mol.